The molecule has 3 unspecified atom stereocenters. The van der Waals surface area contributed by atoms with Gasteiger partial charge in [-0.15, -0.1) is 0 Å². The molecule has 1 N–H and O–H groups in total. The number of ether oxygens (including phenoxy) is 1. The summed E-state index contributed by atoms with van der Waals surface area (Å²) in [5.74, 6) is -0.977. The van der Waals surface area contributed by atoms with Crippen LogP contribution < -0.4 is 0 Å². The van der Waals surface area contributed by atoms with E-state index in [1.165, 1.54) is 0 Å². The lowest BCUT2D eigenvalue weighted by atomic mass is 10.3. The van der Waals surface area contributed by atoms with E-state index in [4.69, 9.17) is 9.84 Å². The number of hydrogen-bond donors (Lipinski definition) is 1. The summed E-state index contributed by atoms with van der Waals surface area (Å²) in [5, 5.41) is 7.92. The first-order valence-electron chi connectivity index (χ1n) is 4.65. The van der Waals surface area contributed by atoms with Gasteiger partial charge >= 0.3 is 5.97 Å². The van der Waals surface area contributed by atoms with E-state index in [0.29, 0.717) is 19.4 Å². The lowest BCUT2D eigenvalue weighted by Crippen LogP contribution is -2.31. The summed E-state index contributed by atoms with van der Waals surface area (Å²) in [6.07, 6.45) is 1.03. The summed E-state index contributed by atoms with van der Waals surface area (Å²) < 4.78 is 16.6. The maximum Gasteiger partial charge on any atom is 0.319 e. The van der Waals surface area contributed by atoms with E-state index in [9.17, 15) is 9.00 Å². The zero-order chi connectivity index (χ0) is 11.1. The molecule has 0 aromatic heterocycles. The van der Waals surface area contributed by atoms with E-state index in [2.05, 4.69) is 0 Å². The van der Waals surface area contributed by atoms with Gasteiger partial charge in [0, 0.05) is 29.8 Å². The highest BCUT2D eigenvalue weighted by molar-refractivity contribution is 7.87. The van der Waals surface area contributed by atoms with Crippen molar-refractivity contribution in [1.29, 1.82) is 0 Å². The molecule has 0 radical (unpaired) electrons. The molecule has 0 bridgehead atoms. The van der Waals surface area contributed by atoms with Gasteiger partial charge in [0.1, 0.15) is 5.25 Å². The number of rotatable bonds is 7. The molecule has 0 saturated carbocycles. The fraction of sp³-hybridized carbons (Fsp3) is 0.889. The third kappa shape index (κ3) is 4.19. The zero-order valence-corrected chi connectivity index (χ0v) is 9.67. The molecule has 14 heavy (non-hydrogen) atoms. The second kappa shape index (κ2) is 6.95. The van der Waals surface area contributed by atoms with Crippen LogP contribution in [0.15, 0.2) is 0 Å². The van der Waals surface area contributed by atoms with Crippen LogP contribution in [0.2, 0.25) is 0 Å². The topological polar surface area (TPSA) is 63.6 Å². The van der Waals surface area contributed by atoms with Crippen molar-refractivity contribution in [3.05, 3.63) is 0 Å². The predicted octanol–water partition coefficient (Wildman–Crippen LogP) is 1.02. The van der Waals surface area contributed by atoms with E-state index < -0.39 is 22.0 Å². The van der Waals surface area contributed by atoms with Gasteiger partial charge in [-0.3, -0.25) is 9.00 Å². The Morgan fingerprint density at radius 2 is 2.14 bits per heavy atom. The van der Waals surface area contributed by atoms with Gasteiger partial charge in [0.15, 0.2) is 0 Å². The van der Waals surface area contributed by atoms with Crippen LogP contribution in [0.25, 0.3) is 0 Å². The minimum atomic E-state index is -1.31. The van der Waals surface area contributed by atoms with E-state index in [0.717, 1.165) is 0 Å². The normalized spacial score (nSPS) is 17.4. The minimum absolute atomic E-state index is 0.129. The van der Waals surface area contributed by atoms with E-state index in [1.807, 2.05) is 0 Å². The SMILES string of the molecule is CCC(C(=O)O)S(=O)C(C)CCOC. The summed E-state index contributed by atoms with van der Waals surface area (Å²) in [5.41, 5.74) is 0. The molecule has 0 heterocycles. The van der Waals surface area contributed by atoms with E-state index >= 15 is 0 Å². The molecule has 4 nitrogen and oxygen atoms in total. The molecule has 0 aliphatic carbocycles. The van der Waals surface area contributed by atoms with Gasteiger partial charge in [-0.25, -0.2) is 0 Å². The summed E-state index contributed by atoms with van der Waals surface area (Å²) in [7, 11) is 0.260. The Kier molecular flexibility index (Phi) is 6.74. The van der Waals surface area contributed by atoms with Crippen LogP contribution in [-0.4, -0.2) is 39.5 Å². The molecule has 0 aliphatic rings. The predicted molar refractivity (Wildman–Crippen MR) is 55.8 cm³/mol. The zero-order valence-electron chi connectivity index (χ0n) is 8.86. The molecule has 0 aromatic carbocycles. The van der Waals surface area contributed by atoms with Crippen molar-refractivity contribution in [1.82, 2.24) is 0 Å². The highest BCUT2D eigenvalue weighted by Gasteiger charge is 2.26. The van der Waals surface area contributed by atoms with Crippen LogP contribution in [0.5, 0.6) is 0 Å². The smallest absolute Gasteiger partial charge is 0.319 e. The van der Waals surface area contributed by atoms with Crippen LogP contribution in [0.4, 0.5) is 0 Å². The molecule has 0 aromatic rings. The first kappa shape index (κ1) is 13.6. The highest BCUT2D eigenvalue weighted by Crippen LogP contribution is 2.11. The maximum absolute atomic E-state index is 11.7. The number of aliphatic carboxylic acids is 1. The molecule has 5 heteroatoms. The van der Waals surface area contributed by atoms with Crippen molar-refractivity contribution in [3.8, 4) is 0 Å². The number of carbonyl (C=O) groups is 1. The van der Waals surface area contributed by atoms with Crippen molar-refractivity contribution < 1.29 is 18.8 Å². The van der Waals surface area contributed by atoms with Crippen molar-refractivity contribution in [2.75, 3.05) is 13.7 Å². The summed E-state index contributed by atoms with van der Waals surface area (Å²) in [6, 6.07) is 0. The van der Waals surface area contributed by atoms with Gasteiger partial charge in [-0.2, -0.15) is 0 Å². The average Bonchev–Trinajstić information content (AvgIpc) is 2.14. The third-order valence-electron chi connectivity index (χ3n) is 2.05. The van der Waals surface area contributed by atoms with Gasteiger partial charge in [-0.1, -0.05) is 13.8 Å². The van der Waals surface area contributed by atoms with E-state index in [1.54, 1.807) is 21.0 Å². The molecular weight excluding hydrogens is 204 g/mol. The Morgan fingerprint density at radius 3 is 2.50 bits per heavy atom. The van der Waals surface area contributed by atoms with Crippen LogP contribution in [-0.2, 0) is 20.3 Å². The molecule has 0 saturated heterocycles. The fourth-order valence-electron chi connectivity index (χ4n) is 1.12. The number of methoxy groups -OCH3 is 1. The van der Waals surface area contributed by atoms with Gasteiger partial charge < -0.3 is 9.84 Å². The van der Waals surface area contributed by atoms with Gasteiger partial charge in [0.2, 0.25) is 0 Å². The Hall–Kier alpha value is -0.420. The van der Waals surface area contributed by atoms with Crippen molar-refractivity contribution in [3.63, 3.8) is 0 Å². The number of carboxylic acids is 1. The molecule has 0 rings (SSSR count). The summed E-state index contributed by atoms with van der Waals surface area (Å²) in [6.45, 7) is 4.05. The Labute approximate surface area is 87.1 Å². The van der Waals surface area contributed by atoms with Crippen molar-refractivity contribution in [2.45, 2.75) is 37.2 Å². The van der Waals surface area contributed by atoms with Crippen LogP contribution in [0, 0.1) is 0 Å². The molecule has 84 valence electrons. The monoisotopic (exact) mass is 222 g/mol. The first-order chi connectivity index (χ1) is 6.54. The molecule has 0 amide bonds. The van der Waals surface area contributed by atoms with Crippen molar-refractivity contribution >= 4 is 16.8 Å². The van der Waals surface area contributed by atoms with Crippen LogP contribution in [0.3, 0.4) is 0 Å². The molecular formula is C9H18O4S. The summed E-state index contributed by atoms with van der Waals surface area (Å²) in [4.78, 5) is 10.7. The van der Waals surface area contributed by atoms with Crippen LogP contribution in [0.1, 0.15) is 26.7 Å². The van der Waals surface area contributed by atoms with Crippen molar-refractivity contribution in [2.24, 2.45) is 0 Å². The lowest BCUT2D eigenvalue weighted by molar-refractivity contribution is -0.136. The number of carboxylic acid groups (broad SMARTS) is 1. The largest absolute Gasteiger partial charge is 0.480 e. The minimum Gasteiger partial charge on any atom is -0.480 e. The number of hydrogen-bond acceptors (Lipinski definition) is 3. The fourth-order valence-corrected chi connectivity index (χ4v) is 2.54. The standard InChI is InChI=1S/C9H18O4S/c1-4-8(9(10)11)14(12)7(2)5-6-13-3/h7-8H,4-6H2,1-3H3,(H,10,11). The summed E-state index contributed by atoms with van der Waals surface area (Å²) >= 11 is 0. The molecule has 0 fully saturated rings. The molecule has 0 spiro atoms. The Balaban J connectivity index is 4.20. The van der Waals surface area contributed by atoms with Gasteiger partial charge in [-0.05, 0) is 12.8 Å². The molecule has 3 atom stereocenters. The Bertz CT molecular complexity index is 205. The van der Waals surface area contributed by atoms with Crippen LogP contribution >= 0.6 is 0 Å². The first-order valence-corrected chi connectivity index (χ1v) is 5.93. The van der Waals surface area contributed by atoms with Gasteiger partial charge in [0.05, 0.1) is 0 Å². The van der Waals surface area contributed by atoms with E-state index in [-0.39, 0.29) is 5.25 Å². The van der Waals surface area contributed by atoms with Gasteiger partial charge in [0.25, 0.3) is 0 Å². The quantitative estimate of drug-likeness (QED) is 0.698. The lowest BCUT2D eigenvalue weighted by Gasteiger charge is -2.15. The second-order valence-electron chi connectivity index (χ2n) is 3.16. The Morgan fingerprint density at radius 1 is 1.57 bits per heavy atom. The maximum atomic E-state index is 11.7. The second-order valence-corrected chi connectivity index (χ2v) is 5.19. The average molecular weight is 222 g/mol. The highest BCUT2D eigenvalue weighted by atomic mass is 32.2. The third-order valence-corrected chi connectivity index (χ3v) is 4.18. The molecule has 0 aliphatic heterocycles.